The summed E-state index contributed by atoms with van der Waals surface area (Å²) in [7, 11) is 0. The summed E-state index contributed by atoms with van der Waals surface area (Å²) in [4.78, 5) is 29.4. The van der Waals surface area contributed by atoms with Crippen molar-refractivity contribution < 1.29 is 21.1 Å². The summed E-state index contributed by atoms with van der Waals surface area (Å²) >= 11 is 0. The molecule has 0 bridgehead atoms. The number of hydrogen-bond acceptors (Lipinski definition) is 8. The molecule has 0 saturated heterocycles. The van der Waals surface area contributed by atoms with Crippen LogP contribution in [0, 0.1) is 0 Å². The van der Waals surface area contributed by atoms with E-state index in [0.717, 1.165) is 0 Å². The summed E-state index contributed by atoms with van der Waals surface area (Å²) in [6, 6.07) is 7.11. The second-order valence-electron chi connectivity index (χ2n) is 3.62. The van der Waals surface area contributed by atoms with Gasteiger partial charge in [-0.2, -0.15) is 0 Å². The quantitative estimate of drug-likeness (QED) is 0.350. The molecule has 4 rings (SSSR count). The Morgan fingerprint density at radius 2 is 0.440 bits per heavy atom. The van der Waals surface area contributed by atoms with Crippen LogP contribution in [0.15, 0.2) is 99.1 Å². The average Bonchev–Trinajstić information content (AvgIpc) is 2.75. The van der Waals surface area contributed by atoms with Crippen molar-refractivity contribution >= 4 is 0 Å². The number of aromatic nitrogens is 8. The fraction of sp³-hybridized carbons (Fsp3) is 0. The standard InChI is InChI=1S/4C4H4N2.Pt/c4*1-2-5-4-6-3-1;/h4*1-4H;/q;;;;+2. The van der Waals surface area contributed by atoms with Gasteiger partial charge in [0, 0.05) is 49.6 Å². The molecule has 0 radical (unpaired) electrons. The van der Waals surface area contributed by atoms with E-state index >= 15 is 0 Å². The second-order valence-corrected chi connectivity index (χ2v) is 3.62. The van der Waals surface area contributed by atoms with Gasteiger partial charge >= 0.3 is 21.1 Å². The van der Waals surface area contributed by atoms with Crippen molar-refractivity contribution in [2.24, 2.45) is 0 Å². The van der Waals surface area contributed by atoms with E-state index in [0.29, 0.717) is 0 Å². The molecule has 9 heteroatoms. The average molecular weight is 515 g/mol. The SMILES string of the molecule is [Pt+2].c1cncnc1.c1cncnc1.c1cncnc1.c1cncnc1. The number of nitrogens with zero attached hydrogens (tertiary/aromatic N) is 8. The van der Waals surface area contributed by atoms with E-state index in [-0.39, 0.29) is 21.1 Å². The van der Waals surface area contributed by atoms with Crippen LogP contribution >= 0.6 is 0 Å². The zero-order valence-corrected chi connectivity index (χ0v) is 15.4. The third-order valence-electron chi connectivity index (χ3n) is 1.91. The van der Waals surface area contributed by atoms with Crippen LogP contribution in [0.5, 0.6) is 0 Å². The Balaban J connectivity index is 0.000000303. The molecule has 4 aromatic heterocycles. The predicted molar refractivity (Wildman–Crippen MR) is 88.1 cm³/mol. The molecule has 4 heterocycles. The maximum absolute atomic E-state index is 3.67. The molecule has 0 fully saturated rings. The van der Waals surface area contributed by atoms with Crippen LogP contribution in [-0.4, -0.2) is 39.9 Å². The summed E-state index contributed by atoms with van der Waals surface area (Å²) < 4.78 is 0. The van der Waals surface area contributed by atoms with Crippen molar-refractivity contribution in [2.45, 2.75) is 0 Å². The first kappa shape index (κ1) is 22.0. The van der Waals surface area contributed by atoms with Crippen LogP contribution in [0.2, 0.25) is 0 Å². The normalized spacial score (nSPS) is 7.68. The molecular formula is C16H16N8Pt+2. The topological polar surface area (TPSA) is 103 Å². The number of rotatable bonds is 0. The van der Waals surface area contributed by atoms with E-state index in [1.165, 1.54) is 25.3 Å². The van der Waals surface area contributed by atoms with Crippen molar-refractivity contribution in [3.05, 3.63) is 99.1 Å². The van der Waals surface area contributed by atoms with Gasteiger partial charge in [-0.25, -0.2) is 39.9 Å². The smallest absolute Gasteiger partial charge is 0.245 e. The van der Waals surface area contributed by atoms with Crippen molar-refractivity contribution in [3.8, 4) is 0 Å². The molecule has 0 atom stereocenters. The van der Waals surface area contributed by atoms with Gasteiger partial charge in [-0.3, -0.25) is 0 Å². The molecule has 0 amide bonds. The van der Waals surface area contributed by atoms with E-state index in [9.17, 15) is 0 Å². The minimum atomic E-state index is 0. The van der Waals surface area contributed by atoms with E-state index in [1.807, 2.05) is 0 Å². The molecule has 0 aliphatic carbocycles. The van der Waals surface area contributed by atoms with Crippen LogP contribution in [0.4, 0.5) is 0 Å². The number of hydrogen-bond donors (Lipinski definition) is 0. The van der Waals surface area contributed by atoms with E-state index in [4.69, 9.17) is 0 Å². The summed E-state index contributed by atoms with van der Waals surface area (Å²) in [6.45, 7) is 0. The summed E-state index contributed by atoms with van der Waals surface area (Å²) in [5, 5.41) is 0. The van der Waals surface area contributed by atoms with Gasteiger partial charge in [-0.15, -0.1) is 0 Å². The second kappa shape index (κ2) is 19.1. The van der Waals surface area contributed by atoms with Gasteiger partial charge < -0.3 is 0 Å². The van der Waals surface area contributed by atoms with Crippen molar-refractivity contribution in [1.29, 1.82) is 0 Å². The van der Waals surface area contributed by atoms with Crippen LogP contribution in [-0.2, 0) is 21.1 Å². The Bertz CT molecular complexity index is 442. The van der Waals surface area contributed by atoms with Gasteiger partial charge in [0.15, 0.2) is 0 Å². The van der Waals surface area contributed by atoms with E-state index in [1.54, 1.807) is 73.8 Å². The Kier molecular flexibility index (Phi) is 16.8. The molecular weight excluding hydrogens is 499 g/mol. The molecule has 0 aromatic carbocycles. The van der Waals surface area contributed by atoms with Gasteiger partial charge in [0.05, 0.1) is 0 Å². The maximum Gasteiger partial charge on any atom is 2.00 e. The summed E-state index contributed by atoms with van der Waals surface area (Å²) in [5.41, 5.74) is 0. The van der Waals surface area contributed by atoms with Gasteiger partial charge in [0.25, 0.3) is 0 Å². The molecule has 4 aromatic rings. The van der Waals surface area contributed by atoms with Crippen LogP contribution in [0.3, 0.4) is 0 Å². The minimum Gasteiger partial charge on any atom is -0.245 e. The van der Waals surface area contributed by atoms with Crippen LogP contribution < -0.4 is 0 Å². The summed E-state index contributed by atoms with van der Waals surface area (Å²) in [6.07, 6.45) is 19.5. The van der Waals surface area contributed by atoms with Gasteiger partial charge in [-0.05, 0) is 24.3 Å². The molecule has 0 unspecified atom stereocenters. The molecule has 0 aliphatic rings. The molecule has 25 heavy (non-hydrogen) atoms. The van der Waals surface area contributed by atoms with E-state index < -0.39 is 0 Å². The van der Waals surface area contributed by atoms with Crippen molar-refractivity contribution in [3.63, 3.8) is 0 Å². The Labute approximate surface area is 160 Å². The molecule has 0 aliphatic heterocycles. The molecule has 8 nitrogen and oxygen atoms in total. The molecule has 0 saturated carbocycles. The fourth-order valence-electron chi connectivity index (χ4n) is 1.01. The van der Waals surface area contributed by atoms with Gasteiger partial charge in [-0.1, -0.05) is 0 Å². The Morgan fingerprint density at radius 3 is 0.480 bits per heavy atom. The van der Waals surface area contributed by atoms with Gasteiger partial charge in [0.2, 0.25) is 0 Å². The maximum atomic E-state index is 3.67. The Hall–Kier alpha value is -2.99. The largest absolute Gasteiger partial charge is 2.00 e. The zero-order chi connectivity index (χ0) is 17.0. The fourth-order valence-corrected chi connectivity index (χ4v) is 1.01. The third kappa shape index (κ3) is 17.2. The Morgan fingerprint density at radius 1 is 0.280 bits per heavy atom. The first-order valence-corrected chi connectivity index (χ1v) is 6.80. The van der Waals surface area contributed by atoms with Crippen molar-refractivity contribution in [2.75, 3.05) is 0 Å². The first-order valence-electron chi connectivity index (χ1n) is 6.80. The zero-order valence-electron chi connectivity index (χ0n) is 13.1. The van der Waals surface area contributed by atoms with Gasteiger partial charge in [0.1, 0.15) is 25.3 Å². The van der Waals surface area contributed by atoms with E-state index in [2.05, 4.69) is 39.9 Å². The molecule has 128 valence electrons. The summed E-state index contributed by atoms with van der Waals surface area (Å²) in [5.74, 6) is 0. The van der Waals surface area contributed by atoms with Crippen molar-refractivity contribution in [1.82, 2.24) is 39.9 Å². The predicted octanol–water partition coefficient (Wildman–Crippen LogP) is 1.90. The third-order valence-corrected chi connectivity index (χ3v) is 1.91. The first-order chi connectivity index (χ1) is 12.0. The van der Waals surface area contributed by atoms with Crippen LogP contribution in [0.1, 0.15) is 0 Å². The monoisotopic (exact) mass is 515 g/mol. The molecule has 0 spiro atoms. The molecule has 0 N–H and O–H groups in total. The minimum absolute atomic E-state index is 0. The van der Waals surface area contributed by atoms with Crippen LogP contribution in [0.25, 0.3) is 0 Å².